The van der Waals surface area contributed by atoms with Crippen LogP contribution in [0.2, 0.25) is 0 Å². The predicted octanol–water partition coefficient (Wildman–Crippen LogP) is 1.70. The maximum Gasteiger partial charge on any atom is 0.224 e. The van der Waals surface area contributed by atoms with Crippen LogP contribution in [0.4, 0.5) is 0 Å². The van der Waals surface area contributed by atoms with Gasteiger partial charge >= 0.3 is 0 Å². The summed E-state index contributed by atoms with van der Waals surface area (Å²) >= 11 is 1.70. The lowest BCUT2D eigenvalue weighted by atomic mass is 10.1. The summed E-state index contributed by atoms with van der Waals surface area (Å²) in [5.74, 6) is 0.359. The average Bonchev–Trinajstić information content (AvgIpc) is 2.85. The van der Waals surface area contributed by atoms with Gasteiger partial charge in [-0.15, -0.1) is 23.7 Å². The van der Waals surface area contributed by atoms with Gasteiger partial charge in [-0.3, -0.25) is 4.79 Å². The maximum atomic E-state index is 11.7. The Hall–Kier alpha value is -0.580. The van der Waals surface area contributed by atoms with Crippen LogP contribution >= 0.6 is 23.7 Å². The van der Waals surface area contributed by atoms with Crippen molar-refractivity contribution in [1.29, 1.82) is 0 Å². The van der Waals surface area contributed by atoms with E-state index in [1.807, 2.05) is 0 Å². The van der Waals surface area contributed by atoms with Gasteiger partial charge in [0.1, 0.15) is 0 Å². The molecule has 1 amide bonds. The highest BCUT2D eigenvalue weighted by Gasteiger charge is 2.21. The first-order chi connectivity index (χ1) is 7.27. The zero-order chi connectivity index (χ0) is 10.7. The minimum absolute atomic E-state index is 0. The van der Waals surface area contributed by atoms with Crippen LogP contribution in [0.15, 0.2) is 11.4 Å². The van der Waals surface area contributed by atoms with Crippen LogP contribution in [-0.2, 0) is 11.3 Å². The summed E-state index contributed by atoms with van der Waals surface area (Å²) in [7, 11) is 0. The van der Waals surface area contributed by atoms with Crippen molar-refractivity contribution < 1.29 is 4.79 Å². The summed E-state index contributed by atoms with van der Waals surface area (Å²) in [6.45, 7) is 4.55. The number of hydrogen-bond donors (Lipinski definition) is 2. The van der Waals surface area contributed by atoms with Crippen molar-refractivity contribution in [1.82, 2.24) is 10.6 Å². The first-order valence-electron chi connectivity index (χ1n) is 5.29. The Balaban J connectivity index is 0.00000128. The molecule has 2 N–H and O–H groups in total. The third-order valence-corrected chi connectivity index (χ3v) is 3.85. The standard InChI is InChI=1S/C11H16N2OS.ClH/c1-8-3-5-15-10(8)7-13-11(14)9-2-4-12-6-9;/h3,5,9,12H,2,4,6-7H2,1H3,(H,13,14);1H. The van der Waals surface area contributed by atoms with Gasteiger partial charge in [0.15, 0.2) is 0 Å². The van der Waals surface area contributed by atoms with E-state index in [2.05, 4.69) is 29.0 Å². The zero-order valence-corrected chi connectivity index (χ0v) is 10.9. The molecule has 1 aliphatic heterocycles. The molecule has 5 heteroatoms. The molecule has 90 valence electrons. The Morgan fingerprint density at radius 3 is 3.06 bits per heavy atom. The highest BCUT2D eigenvalue weighted by molar-refractivity contribution is 7.10. The Morgan fingerprint density at radius 1 is 1.69 bits per heavy atom. The molecular weight excluding hydrogens is 244 g/mol. The zero-order valence-electron chi connectivity index (χ0n) is 9.29. The van der Waals surface area contributed by atoms with Crippen molar-refractivity contribution in [2.24, 2.45) is 5.92 Å². The number of halogens is 1. The first kappa shape index (κ1) is 13.5. The molecule has 1 fully saturated rings. The average molecular weight is 261 g/mol. The molecule has 0 bridgehead atoms. The monoisotopic (exact) mass is 260 g/mol. The lowest BCUT2D eigenvalue weighted by molar-refractivity contribution is -0.124. The number of carbonyl (C=O) groups is 1. The largest absolute Gasteiger partial charge is 0.351 e. The molecule has 1 atom stereocenters. The topological polar surface area (TPSA) is 41.1 Å². The number of hydrogen-bond acceptors (Lipinski definition) is 3. The van der Waals surface area contributed by atoms with Crippen LogP contribution in [0.25, 0.3) is 0 Å². The SMILES string of the molecule is Cc1ccsc1CNC(=O)C1CCNC1.Cl. The number of nitrogens with one attached hydrogen (secondary N) is 2. The molecule has 2 heterocycles. The number of carbonyl (C=O) groups excluding carboxylic acids is 1. The summed E-state index contributed by atoms with van der Waals surface area (Å²) < 4.78 is 0. The quantitative estimate of drug-likeness (QED) is 0.869. The Morgan fingerprint density at radius 2 is 2.50 bits per heavy atom. The second kappa shape index (κ2) is 6.23. The molecular formula is C11H17ClN2OS. The lowest BCUT2D eigenvalue weighted by Crippen LogP contribution is -2.31. The minimum Gasteiger partial charge on any atom is -0.351 e. The summed E-state index contributed by atoms with van der Waals surface area (Å²) in [6, 6.07) is 2.09. The van der Waals surface area contributed by atoms with Crippen molar-refractivity contribution in [3.8, 4) is 0 Å². The third kappa shape index (κ3) is 3.20. The molecule has 1 saturated heterocycles. The smallest absolute Gasteiger partial charge is 0.224 e. The third-order valence-electron chi connectivity index (χ3n) is 2.82. The molecule has 0 spiro atoms. The second-order valence-corrected chi connectivity index (χ2v) is 4.93. The van der Waals surface area contributed by atoms with E-state index < -0.39 is 0 Å². The van der Waals surface area contributed by atoms with E-state index in [9.17, 15) is 4.79 Å². The van der Waals surface area contributed by atoms with Crippen molar-refractivity contribution in [3.05, 3.63) is 21.9 Å². The number of amides is 1. The second-order valence-electron chi connectivity index (χ2n) is 3.93. The Kier molecular flexibility index (Phi) is 5.25. The molecule has 0 aliphatic carbocycles. The fraction of sp³-hybridized carbons (Fsp3) is 0.545. The molecule has 1 aliphatic rings. The summed E-state index contributed by atoms with van der Waals surface area (Å²) in [5, 5.41) is 8.26. The van der Waals surface area contributed by atoms with Crippen LogP contribution in [0.1, 0.15) is 16.9 Å². The molecule has 0 radical (unpaired) electrons. The molecule has 1 aromatic rings. The highest BCUT2D eigenvalue weighted by atomic mass is 35.5. The summed E-state index contributed by atoms with van der Waals surface area (Å²) in [6.07, 6.45) is 0.968. The van der Waals surface area contributed by atoms with Crippen LogP contribution < -0.4 is 10.6 Å². The molecule has 0 aromatic carbocycles. The molecule has 2 rings (SSSR count). The number of thiophene rings is 1. The van der Waals surface area contributed by atoms with Crippen molar-refractivity contribution in [3.63, 3.8) is 0 Å². The molecule has 1 unspecified atom stereocenters. The Bertz CT molecular complexity index is 348. The van der Waals surface area contributed by atoms with E-state index in [-0.39, 0.29) is 24.2 Å². The molecule has 16 heavy (non-hydrogen) atoms. The van der Waals surface area contributed by atoms with Gasteiger partial charge in [0, 0.05) is 11.4 Å². The fourth-order valence-corrected chi connectivity index (χ4v) is 2.62. The van der Waals surface area contributed by atoms with Gasteiger partial charge in [0.2, 0.25) is 5.91 Å². The van der Waals surface area contributed by atoms with Crippen LogP contribution in [0, 0.1) is 12.8 Å². The summed E-state index contributed by atoms with van der Waals surface area (Å²) in [4.78, 5) is 13.0. The first-order valence-corrected chi connectivity index (χ1v) is 6.16. The fourth-order valence-electron chi connectivity index (χ4n) is 1.78. The number of aryl methyl sites for hydroxylation is 1. The van der Waals surface area contributed by atoms with Gasteiger partial charge in [-0.1, -0.05) is 0 Å². The van der Waals surface area contributed by atoms with Crippen LogP contribution in [0.5, 0.6) is 0 Å². The Labute approximate surface area is 106 Å². The highest BCUT2D eigenvalue weighted by Crippen LogP contribution is 2.15. The van der Waals surface area contributed by atoms with Gasteiger partial charge in [0.05, 0.1) is 12.5 Å². The normalized spacial score (nSPS) is 19.2. The molecule has 1 aromatic heterocycles. The van der Waals surface area contributed by atoms with E-state index in [0.717, 1.165) is 19.5 Å². The van der Waals surface area contributed by atoms with E-state index in [4.69, 9.17) is 0 Å². The van der Waals surface area contributed by atoms with Gasteiger partial charge in [-0.05, 0) is 36.9 Å². The molecule has 3 nitrogen and oxygen atoms in total. The molecule has 0 saturated carbocycles. The van der Waals surface area contributed by atoms with E-state index in [1.54, 1.807) is 11.3 Å². The predicted molar refractivity (Wildman–Crippen MR) is 69.1 cm³/mol. The summed E-state index contributed by atoms with van der Waals surface area (Å²) in [5.41, 5.74) is 1.27. The van der Waals surface area contributed by atoms with Crippen molar-refractivity contribution >= 4 is 29.7 Å². The van der Waals surface area contributed by atoms with Gasteiger partial charge in [-0.2, -0.15) is 0 Å². The van der Waals surface area contributed by atoms with Crippen molar-refractivity contribution in [2.75, 3.05) is 13.1 Å². The van der Waals surface area contributed by atoms with Gasteiger partial charge in [0.25, 0.3) is 0 Å². The van der Waals surface area contributed by atoms with Crippen LogP contribution in [0.3, 0.4) is 0 Å². The van der Waals surface area contributed by atoms with E-state index >= 15 is 0 Å². The van der Waals surface area contributed by atoms with Gasteiger partial charge < -0.3 is 10.6 Å². The maximum absolute atomic E-state index is 11.7. The number of rotatable bonds is 3. The van der Waals surface area contributed by atoms with Crippen molar-refractivity contribution in [2.45, 2.75) is 19.9 Å². The van der Waals surface area contributed by atoms with E-state index in [1.165, 1.54) is 10.4 Å². The van der Waals surface area contributed by atoms with Crippen LogP contribution in [-0.4, -0.2) is 19.0 Å². The van der Waals surface area contributed by atoms with E-state index in [0.29, 0.717) is 6.54 Å². The lowest BCUT2D eigenvalue weighted by Gasteiger charge is -2.09. The van der Waals surface area contributed by atoms with Gasteiger partial charge in [-0.25, -0.2) is 0 Å². The minimum atomic E-state index is 0.